The average Bonchev–Trinajstić information content (AvgIpc) is 2.67. The largest absolute Gasteiger partial charge is 0.504 e. The van der Waals surface area contributed by atoms with Gasteiger partial charge in [0.2, 0.25) is 0 Å². The van der Waals surface area contributed by atoms with Crippen LogP contribution in [0, 0.1) is 0 Å². The Hall–Kier alpha value is -1.21. The Bertz CT molecular complexity index is 709. The van der Waals surface area contributed by atoms with Gasteiger partial charge in [0, 0.05) is 24.5 Å². The molecule has 0 aliphatic carbocycles. The molecule has 2 rings (SSSR count). The molecule has 2 aromatic rings. The lowest BCUT2D eigenvalue weighted by molar-refractivity contribution is 0.337. The van der Waals surface area contributed by atoms with Crippen molar-refractivity contribution in [1.29, 1.82) is 0 Å². The number of pyridine rings is 1. The third-order valence-electron chi connectivity index (χ3n) is 2.76. The molecule has 0 radical (unpaired) electrons. The predicted octanol–water partition coefficient (Wildman–Crippen LogP) is 0.264. The Morgan fingerprint density at radius 3 is 2.35 bits per heavy atom. The van der Waals surface area contributed by atoms with Crippen molar-refractivity contribution in [2.75, 3.05) is 0 Å². The monoisotopic (exact) mass is 322 g/mol. The van der Waals surface area contributed by atoms with Crippen molar-refractivity contribution < 1.29 is 33.8 Å². The maximum Gasteiger partial charge on any atom is 0.341 e. The fraction of sp³-hybridized carbons (Fsp3) is 0.222. The van der Waals surface area contributed by atoms with Gasteiger partial charge in [-0.3, -0.25) is 9.13 Å². The van der Waals surface area contributed by atoms with E-state index in [1.807, 2.05) is 0 Å². The summed E-state index contributed by atoms with van der Waals surface area (Å²) in [6.07, 6.45) is 2.10. The minimum absolute atomic E-state index is 0.137. The highest BCUT2D eigenvalue weighted by Crippen LogP contribution is 2.60. The van der Waals surface area contributed by atoms with Crippen LogP contribution >= 0.6 is 15.2 Å². The summed E-state index contributed by atoms with van der Waals surface area (Å²) < 4.78 is 23.8. The molecule has 2 heterocycles. The van der Waals surface area contributed by atoms with Gasteiger partial charge in [0.15, 0.2) is 16.8 Å². The van der Waals surface area contributed by atoms with E-state index in [-0.39, 0.29) is 17.1 Å². The van der Waals surface area contributed by atoms with E-state index in [2.05, 4.69) is 4.98 Å². The van der Waals surface area contributed by atoms with E-state index in [0.717, 1.165) is 0 Å². The molecule has 5 N–H and O–H groups in total. The Morgan fingerprint density at radius 1 is 1.20 bits per heavy atom. The quantitative estimate of drug-likeness (QED) is 0.503. The number of hydrogen-bond donors (Lipinski definition) is 5. The minimum atomic E-state index is -5.00. The second kappa shape index (κ2) is 4.96. The summed E-state index contributed by atoms with van der Waals surface area (Å²) in [6.45, 7) is 0. The van der Waals surface area contributed by atoms with Gasteiger partial charge in [-0.1, -0.05) is 0 Å². The molecule has 2 aromatic heterocycles. The Morgan fingerprint density at radius 2 is 1.80 bits per heavy atom. The summed E-state index contributed by atoms with van der Waals surface area (Å²) in [5.41, 5.74) is 0.310. The van der Waals surface area contributed by atoms with Gasteiger partial charge in [-0.05, 0) is 12.1 Å². The van der Waals surface area contributed by atoms with E-state index in [0.29, 0.717) is 0 Å². The molecular weight excluding hydrogens is 310 g/mol. The predicted molar refractivity (Wildman–Crippen MR) is 68.4 cm³/mol. The lowest BCUT2D eigenvalue weighted by Gasteiger charge is -2.19. The van der Waals surface area contributed by atoms with Crippen molar-refractivity contribution in [2.24, 2.45) is 0 Å². The second-order valence-corrected chi connectivity index (χ2v) is 8.21. The maximum absolute atomic E-state index is 11.2. The molecule has 0 fully saturated rings. The second-order valence-electron chi connectivity index (χ2n) is 4.20. The molecule has 0 amide bonds. The molecule has 0 aliphatic heterocycles. The summed E-state index contributed by atoms with van der Waals surface area (Å²) in [7, 11) is -9.99. The molecule has 0 saturated heterocycles. The van der Waals surface area contributed by atoms with E-state index < -0.39 is 27.0 Å². The Labute approximate surface area is 112 Å². The van der Waals surface area contributed by atoms with Crippen LogP contribution in [0.5, 0.6) is 5.75 Å². The smallest absolute Gasteiger partial charge is 0.341 e. The van der Waals surface area contributed by atoms with Gasteiger partial charge in [0.05, 0.1) is 0 Å². The number of aromatic nitrogens is 2. The van der Waals surface area contributed by atoms with Crippen molar-refractivity contribution in [3.8, 4) is 5.75 Å². The van der Waals surface area contributed by atoms with Gasteiger partial charge in [-0.2, -0.15) is 0 Å². The molecular formula is C9H12N2O7P2. The summed E-state index contributed by atoms with van der Waals surface area (Å²) in [6, 6.07) is 2.84. The summed E-state index contributed by atoms with van der Waals surface area (Å²) in [5.74, 6) is -0.150. The molecule has 0 aliphatic rings. The van der Waals surface area contributed by atoms with E-state index in [1.165, 1.54) is 28.9 Å². The zero-order chi connectivity index (χ0) is 15.1. The fourth-order valence-corrected chi connectivity index (χ4v) is 4.24. The first-order chi connectivity index (χ1) is 9.10. The van der Waals surface area contributed by atoms with Gasteiger partial charge >= 0.3 is 15.2 Å². The van der Waals surface area contributed by atoms with Gasteiger partial charge in [0.1, 0.15) is 0 Å². The SMILES string of the molecule is O=P(O)(O)C(Cc1cnc2c(O)cccn12)P(=O)(O)O. The van der Waals surface area contributed by atoms with Gasteiger partial charge < -0.3 is 29.1 Å². The van der Waals surface area contributed by atoms with Crippen molar-refractivity contribution in [3.63, 3.8) is 0 Å². The van der Waals surface area contributed by atoms with Crippen molar-refractivity contribution in [3.05, 3.63) is 30.2 Å². The van der Waals surface area contributed by atoms with E-state index in [1.54, 1.807) is 0 Å². The zero-order valence-corrected chi connectivity index (χ0v) is 11.7. The number of aromatic hydroxyl groups is 1. The van der Waals surface area contributed by atoms with E-state index in [4.69, 9.17) is 19.6 Å². The first-order valence-electron chi connectivity index (χ1n) is 5.35. The molecule has 0 bridgehead atoms. The molecule has 0 saturated carbocycles. The highest BCUT2D eigenvalue weighted by atomic mass is 31.2. The molecule has 11 heteroatoms. The lowest BCUT2D eigenvalue weighted by atomic mass is 10.3. The highest BCUT2D eigenvalue weighted by molar-refractivity contribution is 7.70. The number of fused-ring (bicyclic) bond motifs is 1. The van der Waals surface area contributed by atoms with E-state index >= 15 is 0 Å². The Balaban J connectivity index is 2.48. The lowest BCUT2D eigenvalue weighted by Crippen LogP contribution is -2.14. The van der Waals surface area contributed by atoms with Crippen LogP contribution in [0.4, 0.5) is 0 Å². The number of nitrogens with zero attached hydrogens (tertiary/aromatic N) is 2. The third kappa shape index (κ3) is 2.93. The molecule has 0 unspecified atom stereocenters. The van der Waals surface area contributed by atoms with E-state index in [9.17, 15) is 14.2 Å². The van der Waals surface area contributed by atoms with Crippen LogP contribution in [0.15, 0.2) is 24.5 Å². The molecule has 0 atom stereocenters. The topological polar surface area (TPSA) is 153 Å². The van der Waals surface area contributed by atoms with Gasteiger partial charge in [0.25, 0.3) is 0 Å². The number of rotatable bonds is 4. The van der Waals surface area contributed by atoms with Crippen molar-refractivity contribution in [1.82, 2.24) is 9.38 Å². The maximum atomic E-state index is 11.2. The van der Waals surface area contributed by atoms with Crippen LogP contribution < -0.4 is 0 Å². The van der Waals surface area contributed by atoms with Crippen molar-refractivity contribution >= 4 is 20.8 Å². The summed E-state index contributed by atoms with van der Waals surface area (Å²) in [5, 5.41) is 7.41. The van der Waals surface area contributed by atoms with Crippen LogP contribution in [0.1, 0.15) is 5.69 Å². The Kier molecular flexibility index (Phi) is 3.77. The molecule has 20 heavy (non-hydrogen) atoms. The highest BCUT2D eigenvalue weighted by Gasteiger charge is 2.43. The number of hydrogen-bond acceptors (Lipinski definition) is 4. The van der Waals surface area contributed by atoms with Crippen LogP contribution in [0.25, 0.3) is 5.65 Å². The van der Waals surface area contributed by atoms with Gasteiger partial charge in [-0.15, -0.1) is 0 Å². The fourth-order valence-electron chi connectivity index (χ4n) is 1.82. The first-order valence-corrected chi connectivity index (χ1v) is 8.71. The summed E-state index contributed by atoms with van der Waals surface area (Å²) >= 11 is 0. The number of imidazole rings is 1. The minimum Gasteiger partial charge on any atom is -0.504 e. The zero-order valence-electron chi connectivity index (χ0n) is 9.94. The van der Waals surface area contributed by atoms with Crippen LogP contribution in [-0.2, 0) is 15.6 Å². The van der Waals surface area contributed by atoms with Crippen LogP contribution in [0.3, 0.4) is 0 Å². The molecule has 0 aromatic carbocycles. The normalized spacial score (nSPS) is 13.2. The molecule has 9 nitrogen and oxygen atoms in total. The van der Waals surface area contributed by atoms with Crippen LogP contribution in [0.2, 0.25) is 0 Å². The summed E-state index contributed by atoms with van der Waals surface area (Å²) in [4.78, 5) is 40.2. The average molecular weight is 322 g/mol. The molecule has 110 valence electrons. The van der Waals surface area contributed by atoms with Crippen molar-refractivity contribution in [2.45, 2.75) is 11.8 Å². The molecule has 0 spiro atoms. The first kappa shape index (κ1) is 15.2. The van der Waals surface area contributed by atoms with Crippen LogP contribution in [-0.4, -0.2) is 39.5 Å². The standard InChI is InChI=1S/C9H12N2O7P2/c12-7-2-1-3-11-6(5-10-9(7)11)4-8(19(13,14)15)20(16,17)18/h1-3,5,8,12H,4H2,(H2,13,14,15)(H2,16,17,18). The third-order valence-corrected chi connectivity index (χ3v) is 6.48. The van der Waals surface area contributed by atoms with Gasteiger partial charge in [-0.25, -0.2) is 4.98 Å².